The van der Waals surface area contributed by atoms with Crippen LogP contribution in [0.25, 0.3) is 0 Å². The first kappa shape index (κ1) is 12.9. The van der Waals surface area contributed by atoms with Crippen molar-refractivity contribution in [1.82, 2.24) is 4.98 Å². The van der Waals surface area contributed by atoms with Gasteiger partial charge in [-0.05, 0) is 23.8 Å². The average Bonchev–Trinajstić information content (AvgIpc) is 2.88. The normalized spacial score (nSPS) is 16.3. The molecule has 1 atom stereocenters. The number of nitrogens with zero attached hydrogens (tertiary/aromatic N) is 1. The van der Waals surface area contributed by atoms with Gasteiger partial charge in [0.25, 0.3) is 0 Å². The first-order valence-electron chi connectivity index (χ1n) is 6.46. The van der Waals surface area contributed by atoms with Gasteiger partial charge >= 0.3 is 0 Å². The quantitative estimate of drug-likeness (QED) is 0.843. The zero-order chi connectivity index (χ0) is 13.9. The summed E-state index contributed by atoms with van der Waals surface area (Å²) >= 11 is 4.96. The molecule has 4 nitrogen and oxygen atoms in total. The van der Waals surface area contributed by atoms with E-state index >= 15 is 0 Å². The van der Waals surface area contributed by atoms with Crippen molar-refractivity contribution in [2.75, 3.05) is 11.9 Å². The molecule has 3 rings (SSSR count). The molecule has 0 aliphatic carbocycles. The Morgan fingerprint density at radius 3 is 3.05 bits per heavy atom. The Labute approximate surface area is 123 Å². The van der Waals surface area contributed by atoms with Crippen molar-refractivity contribution in [3.8, 4) is 5.75 Å². The highest BCUT2D eigenvalue weighted by atomic mass is 32.1. The lowest BCUT2D eigenvalue weighted by Crippen LogP contribution is -2.24. The molecule has 102 valence electrons. The number of aromatic nitrogens is 1. The molecule has 2 aromatic rings. The molecule has 3 N–H and O–H groups in total. The number of ether oxygens (including phenoxy) is 1. The highest BCUT2D eigenvalue weighted by Crippen LogP contribution is 2.28. The van der Waals surface area contributed by atoms with Crippen LogP contribution in [-0.4, -0.2) is 22.6 Å². The summed E-state index contributed by atoms with van der Waals surface area (Å²) in [4.78, 5) is 4.63. The maximum Gasteiger partial charge on any atom is 0.126 e. The number of hydrogen-bond donors (Lipinski definition) is 2. The summed E-state index contributed by atoms with van der Waals surface area (Å²) in [5, 5.41) is 3.27. The van der Waals surface area contributed by atoms with Crippen LogP contribution in [-0.2, 0) is 6.42 Å². The van der Waals surface area contributed by atoms with Gasteiger partial charge < -0.3 is 15.8 Å². The topological polar surface area (TPSA) is 60.2 Å². The van der Waals surface area contributed by atoms with Crippen molar-refractivity contribution in [3.05, 3.63) is 53.7 Å². The van der Waals surface area contributed by atoms with Crippen LogP contribution in [0, 0.1) is 0 Å². The van der Waals surface area contributed by atoms with Crippen molar-refractivity contribution < 1.29 is 4.74 Å². The number of fused-ring (bicyclic) bond motifs is 1. The second-order valence-electron chi connectivity index (χ2n) is 4.73. The van der Waals surface area contributed by atoms with Crippen LogP contribution >= 0.6 is 12.2 Å². The Hall–Kier alpha value is -2.14. The molecule has 1 aliphatic heterocycles. The minimum absolute atomic E-state index is 0.127. The van der Waals surface area contributed by atoms with E-state index in [-0.39, 0.29) is 6.10 Å². The van der Waals surface area contributed by atoms with Gasteiger partial charge in [0.15, 0.2) is 0 Å². The fourth-order valence-electron chi connectivity index (χ4n) is 2.27. The lowest BCUT2D eigenvalue weighted by molar-refractivity contribution is 0.246. The molecule has 0 radical (unpaired) electrons. The third-order valence-electron chi connectivity index (χ3n) is 3.27. The van der Waals surface area contributed by atoms with Gasteiger partial charge in [-0.3, -0.25) is 0 Å². The van der Waals surface area contributed by atoms with Crippen molar-refractivity contribution in [2.45, 2.75) is 12.5 Å². The monoisotopic (exact) mass is 285 g/mol. The fraction of sp³-hybridized carbons (Fsp3) is 0.200. The standard InChI is InChI=1S/C15H15N3OS/c16-15(20)11-5-6-17-14(8-11)18-9-12-7-10-3-1-2-4-13(10)19-12/h1-6,8,12H,7,9H2,(H2,16,20)(H,17,18). The molecule has 5 heteroatoms. The van der Waals surface area contributed by atoms with Crippen LogP contribution in [0.5, 0.6) is 5.75 Å². The molecule has 0 amide bonds. The molecule has 20 heavy (non-hydrogen) atoms. The zero-order valence-corrected chi connectivity index (χ0v) is 11.7. The number of benzene rings is 1. The van der Waals surface area contributed by atoms with Gasteiger partial charge in [-0.25, -0.2) is 4.98 Å². The number of thiocarbonyl (C=S) groups is 1. The van der Waals surface area contributed by atoms with E-state index in [1.54, 1.807) is 12.3 Å². The van der Waals surface area contributed by atoms with Gasteiger partial charge in [0.1, 0.15) is 22.7 Å². The van der Waals surface area contributed by atoms with E-state index in [0.717, 1.165) is 23.6 Å². The van der Waals surface area contributed by atoms with E-state index in [1.165, 1.54) is 5.56 Å². The first-order chi connectivity index (χ1) is 9.72. The molecule has 0 saturated heterocycles. The predicted molar refractivity (Wildman–Crippen MR) is 83.2 cm³/mol. The number of pyridine rings is 1. The minimum Gasteiger partial charge on any atom is -0.488 e. The number of nitrogens with two attached hydrogens (primary N) is 1. The summed E-state index contributed by atoms with van der Waals surface area (Å²) < 4.78 is 5.87. The van der Waals surface area contributed by atoms with E-state index in [4.69, 9.17) is 22.7 Å². The van der Waals surface area contributed by atoms with Gasteiger partial charge in [0, 0.05) is 18.2 Å². The molecule has 1 unspecified atom stereocenters. The number of para-hydroxylation sites is 1. The third kappa shape index (κ3) is 2.72. The molecule has 2 heterocycles. The van der Waals surface area contributed by atoms with E-state index < -0.39 is 0 Å². The van der Waals surface area contributed by atoms with Gasteiger partial charge in [-0.2, -0.15) is 0 Å². The summed E-state index contributed by atoms with van der Waals surface area (Å²) in [5.74, 6) is 1.74. The van der Waals surface area contributed by atoms with Gasteiger partial charge in [0.05, 0.1) is 6.54 Å². The molecule has 1 aromatic heterocycles. The van der Waals surface area contributed by atoms with Crippen LogP contribution in [0.15, 0.2) is 42.6 Å². The van der Waals surface area contributed by atoms with E-state index in [9.17, 15) is 0 Å². The number of hydrogen-bond acceptors (Lipinski definition) is 4. The Bertz CT molecular complexity index is 620. The molecule has 1 aromatic carbocycles. The highest BCUT2D eigenvalue weighted by molar-refractivity contribution is 7.80. The largest absolute Gasteiger partial charge is 0.488 e. The van der Waals surface area contributed by atoms with Crippen LogP contribution in [0.4, 0.5) is 5.82 Å². The van der Waals surface area contributed by atoms with E-state index in [2.05, 4.69) is 16.4 Å². The maximum atomic E-state index is 5.87. The molecule has 0 bridgehead atoms. The Balaban J connectivity index is 1.61. The molecule has 0 spiro atoms. The maximum absolute atomic E-state index is 5.87. The Kier molecular flexibility index (Phi) is 3.52. The van der Waals surface area contributed by atoms with Gasteiger partial charge in [-0.15, -0.1) is 0 Å². The van der Waals surface area contributed by atoms with Crippen molar-refractivity contribution in [1.29, 1.82) is 0 Å². The Morgan fingerprint density at radius 2 is 2.25 bits per heavy atom. The molecule has 0 saturated carbocycles. The second kappa shape index (κ2) is 5.46. The van der Waals surface area contributed by atoms with E-state index in [0.29, 0.717) is 11.5 Å². The van der Waals surface area contributed by atoms with Gasteiger partial charge in [-0.1, -0.05) is 30.4 Å². The lowest BCUT2D eigenvalue weighted by Gasteiger charge is -2.12. The van der Waals surface area contributed by atoms with Crippen molar-refractivity contribution >= 4 is 23.0 Å². The van der Waals surface area contributed by atoms with Crippen LogP contribution in [0.2, 0.25) is 0 Å². The lowest BCUT2D eigenvalue weighted by atomic mass is 10.1. The average molecular weight is 285 g/mol. The summed E-state index contributed by atoms with van der Waals surface area (Å²) in [6.45, 7) is 0.697. The van der Waals surface area contributed by atoms with Crippen LogP contribution in [0.3, 0.4) is 0 Å². The summed E-state index contributed by atoms with van der Waals surface area (Å²) in [7, 11) is 0. The number of anilines is 1. The zero-order valence-electron chi connectivity index (χ0n) is 10.9. The van der Waals surface area contributed by atoms with Gasteiger partial charge in [0.2, 0.25) is 0 Å². The predicted octanol–water partition coefficient (Wildman–Crippen LogP) is 2.13. The molecular weight excluding hydrogens is 270 g/mol. The van der Waals surface area contributed by atoms with Crippen LogP contribution in [0.1, 0.15) is 11.1 Å². The number of rotatable bonds is 4. The first-order valence-corrected chi connectivity index (χ1v) is 6.87. The van der Waals surface area contributed by atoms with Crippen LogP contribution < -0.4 is 15.8 Å². The number of nitrogens with one attached hydrogen (secondary N) is 1. The van der Waals surface area contributed by atoms with Crippen molar-refractivity contribution in [3.63, 3.8) is 0 Å². The molecular formula is C15H15N3OS. The SMILES string of the molecule is NC(=S)c1ccnc(NCC2Cc3ccccc3O2)c1. The third-order valence-corrected chi connectivity index (χ3v) is 3.50. The summed E-state index contributed by atoms with van der Waals surface area (Å²) in [5.41, 5.74) is 7.68. The fourth-order valence-corrected chi connectivity index (χ4v) is 2.39. The summed E-state index contributed by atoms with van der Waals surface area (Å²) in [6, 6.07) is 11.8. The smallest absolute Gasteiger partial charge is 0.126 e. The van der Waals surface area contributed by atoms with E-state index in [1.807, 2.05) is 24.3 Å². The Morgan fingerprint density at radius 1 is 1.40 bits per heavy atom. The second-order valence-corrected chi connectivity index (χ2v) is 5.17. The highest BCUT2D eigenvalue weighted by Gasteiger charge is 2.21. The minimum atomic E-state index is 0.127. The molecule has 0 fully saturated rings. The summed E-state index contributed by atoms with van der Waals surface area (Å²) in [6.07, 6.45) is 2.74. The van der Waals surface area contributed by atoms with Crippen molar-refractivity contribution in [2.24, 2.45) is 5.73 Å². The molecule has 1 aliphatic rings.